The van der Waals surface area contributed by atoms with E-state index in [-0.39, 0.29) is 6.04 Å². The van der Waals surface area contributed by atoms with Crippen molar-refractivity contribution in [3.63, 3.8) is 0 Å². The number of rotatable bonds is 3. The summed E-state index contributed by atoms with van der Waals surface area (Å²) in [7, 11) is -2.38. The second-order valence-electron chi connectivity index (χ2n) is 6.79. The molecule has 0 N–H and O–H groups in total. The Balaban J connectivity index is 2.17. The van der Waals surface area contributed by atoms with Crippen LogP contribution in [0.25, 0.3) is 11.4 Å². The Morgan fingerprint density at radius 1 is 1.30 bits per heavy atom. The lowest BCUT2D eigenvalue weighted by Gasteiger charge is -2.34. The van der Waals surface area contributed by atoms with Gasteiger partial charge in [0.2, 0.25) is 0 Å². The van der Waals surface area contributed by atoms with E-state index < -0.39 is 9.73 Å². The molecule has 0 radical (unpaired) electrons. The van der Waals surface area contributed by atoms with E-state index in [2.05, 4.69) is 32.2 Å². The standard InChI is InChI=1S/C18H22N6O2S/c1-12-7-14(8-15(10-19)20-12)18-21-16(23-27(3,4)25)9-17(22-18)24-5-6-26-11-13(24)2/h7-9,13H,5-6,11H2,1-4H3/t13-/m1/s1. The third kappa shape index (κ3) is 4.78. The van der Waals surface area contributed by atoms with E-state index in [0.717, 1.165) is 0 Å². The van der Waals surface area contributed by atoms with Gasteiger partial charge in [-0.05, 0) is 26.0 Å². The van der Waals surface area contributed by atoms with Crippen molar-refractivity contribution in [3.8, 4) is 17.5 Å². The van der Waals surface area contributed by atoms with Crippen molar-refractivity contribution in [1.29, 1.82) is 5.26 Å². The normalized spacial score (nSPS) is 17.4. The van der Waals surface area contributed by atoms with E-state index in [0.29, 0.717) is 54.2 Å². The smallest absolute Gasteiger partial charge is 0.167 e. The summed E-state index contributed by atoms with van der Waals surface area (Å²) < 4.78 is 22.0. The highest BCUT2D eigenvalue weighted by Gasteiger charge is 2.22. The summed E-state index contributed by atoms with van der Waals surface area (Å²) in [6, 6.07) is 7.42. The molecule has 9 heteroatoms. The highest BCUT2D eigenvalue weighted by Crippen LogP contribution is 2.27. The van der Waals surface area contributed by atoms with Crippen LogP contribution in [0.3, 0.4) is 0 Å². The number of anilines is 1. The minimum atomic E-state index is -2.38. The van der Waals surface area contributed by atoms with Crippen molar-refractivity contribution in [3.05, 3.63) is 29.6 Å². The maximum absolute atomic E-state index is 12.2. The number of nitrogens with zero attached hydrogens (tertiary/aromatic N) is 6. The van der Waals surface area contributed by atoms with Gasteiger partial charge in [0.25, 0.3) is 0 Å². The van der Waals surface area contributed by atoms with Gasteiger partial charge in [-0.2, -0.15) is 9.62 Å². The molecule has 0 bridgehead atoms. The first-order valence-corrected chi connectivity index (χ1v) is 10.9. The van der Waals surface area contributed by atoms with Crippen LogP contribution in [0.2, 0.25) is 0 Å². The lowest BCUT2D eigenvalue weighted by Crippen LogP contribution is -2.44. The van der Waals surface area contributed by atoms with Crippen LogP contribution in [0.5, 0.6) is 0 Å². The minimum absolute atomic E-state index is 0.149. The van der Waals surface area contributed by atoms with Crippen LogP contribution < -0.4 is 4.90 Å². The third-order valence-corrected chi connectivity index (χ3v) is 4.63. The Morgan fingerprint density at radius 2 is 2.07 bits per heavy atom. The molecule has 0 spiro atoms. The largest absolute Gasteiger partial charge is 0.377 e. The number of hydrogen-bond donors (Lipinski definition) is 0. The van der Waals surface area contributed by atoms with Crippen LogP contribution in [0.1, 0.15) is 18.3 Å². The molecule has 3 rings (SSSR count). The van der Waals surface area contributed by atoms with E-state index in [1.165, 1.54) is 0 Å². The maximum atomic E-state index is 12.2. The van der Waals surface area contributed by atoms with E-state index in [1.54, 1.807) is 24.6 Å². The van der Waals surface area contributed by atoms with Gasteiger partial charge < -0.3 is 9.64 Å². The summed E-state index contributed by atoms with van der Waals surface area (Å²) in [6.07, 6.45) is 3.13. The Morgan fingerprint density at radius 3 is 2.74 bits per heavy atom. The van der Waals surface area contributed by atoms with E-state index in [9.17, 15) is 9.47 Å². The van der Waals surface area contributed by atoms with Crippen LogP contribution >= 0.6 is 0 Å². The molecular weight excluding hydrogens is 364 g/mol. The molecule has 8 nitrogen and oxygen atoms in total. The first kappa shape index (κ1) is 19.2. The number of ether oxygens (including phenoxy) is 1. The number of hydrogen-bond acceptors (Lipinski definition) is 8. The van der Waals surface area contributed by atoms with Gasteiger partial charge in [-0.3, -0.25) is 0 Å². The predicted molar refractivity (Wildman–Crippen MR) is 104 cm³/mol. The first-order valence-electron chi connectivity index (χ1n) is 8.55. The maximum Gasteiger partial charge on any atom is 0.167 e. The van der Waals surface area contributed by atoms with Gasteiger partial charge in [-0.15, -0.1) is 0 Å². The Hall–Kier alpha value is -2.57. The van der Waals surface area contributed by atoms with Crippen LogP contribution in [0.4, 0.5) is 11.6 Å². The highest BCUT2D eigenvalue weighted by molar-refractivity contribution is 7.92. The van der Waals surface area contributed by atoms with Gasteiger partial charge in [-0.25, -0.2) is 19.2 Å². The fraction of sp³-hybridized carbons (Fsp3) is 0.444. The zero-order valence-corrected chi connectivity index (χ0v) is 16.7. The summed E-state index contributed by atoms with van der Waals surface area (Å²) in [6.45, 7) is 5.79. The molecule has 2 aromatic heterocycles. The van der Waals surface area contributed by atoms with Gasteiger partial charge in [0.1, 0.15) is 17.6 Å². The van der Waals surface area contributed by atoms with Crippen molar-refractivity contribution in [2.24, 2.45) is 4.36 Å². The molecule has 1 aliphatic rings. The van der Waals surface area contributed by atoms with Gasteiger partial charge in [-0.1, -0.05) is 0 Å². The molecule has 0 amide bonds. The molecule has 1 atom stereocenters. The molecule has 1 saturated heterocycles. The molecule has 0 unspecified atom stereocenters. The molecule has 0 aliphatic carbocycles. The van der Waals surface area contributed by atoms with Gasteiger partial charge in [0.05, 0.1) is 19.3 Å². The van der Waals surface area contributed by atoms with Crippen molar-refractivity contribution < 1.29 is 8.95 Å². The van der Waals surface area contributed by atoms with E-state index in [4.69, 9.17) is 9.72 Å². The topological polar surface area (TPSA) is 104 Å². The van der Waals surface area contributed by atoms with Crippen LogP contribution in [-0.2, 0) is 14.5 Å². The molecule has 0 aromatic carbocycles. The number of morpholine rings is 1. The zero-order chi connectivity index (χ0) is 19.6. The predicted octanol–water partition coefficient (Wildman–Crippen LogP) is 2.30. The molecule has 1 fully saturated rings. The van der Waals surface area contributed by atoms with Crippen LogP contribution in [-0.4, -0.2) is 57.5 Å². The second kappa shape index (κ2) is 7.58. The highest BCUT2D eigenvalue weighted by atomic mass is 32.2. The van der Waals surface area contributed by atoms with Crippen molar-refractivity contribution >= 4 is 21.4 Å². The van der Waals surface area contributed by atoms with Crippen molar-refractivity contribution in [1.82, 2.24) is 15.0 Å². The zero-order valence-electron chi connectivity index (χ0n) is 15.8. The number of nitriles is 1. The fourth-order valence-corrected chi connectivity index (χ4v) is 3.44. The lowest BCUT2D eigenvalue weighted by molar-refractivity contribution is 0.0985. The number of aromatic nitrogens is 3. The second-order valence-corrected chi connectivity index (χ2v) is 9.34. The van der Waals surface area contributed by atoms with Crippen molar-refractivity contribution in [2.45, 2.75) is 19.9 Å². The first-order chi connectivity index (χ1) is 12.7. The quantitative estimate of drug-likeness (QED) is 0.797. The molecule has 3 heterocycles. The lowest BCUT2D eigenvalue weighted by atomic mass is 10.2. The SMILES string of the molecule is Cc1cc(-c2nc(N=S(C)(C)=O)cc(N3CCOC[C@H]3C)n2)cc(C#N)n1. The average molecular weight is 386 g/mol. The molecule has 2 aromatic rings. The fourth-order valence-electron chi connectivity index (χ4n) is 2.89. The Labute approximate surface area is 159 Å². The summed E-state index contributed by atoms with van der Waals surface area (Å²) in [5, 5.41) is 9.20. The number of aryl methyl sites for hydroxylation is 1. The minimum Gasteiger partial charge on any atom is -0.377 e. The van der Waals surface area contributed by atoms with Gasteiger partial charge >= 0.3 is 0 Å². The van der Waals surface area contributed by atoms with Crippen LogP contribution in [0.15, 0.2) is 22.6 Å². The van der Waals surface area contributed by atoms with Gasteiger partial charge in [0.15, 0.2) is 11.6 Å². The van der Waals surface area contributed by atoms with Crippen LogP contribution in [0, 0.1) is 18.3 Å². The molecule has 0 saturated carbocycles. The summed E-state index contributed by atoms with van der Waals surface area (Å²) in [4.78, 5) is 15.5. The Bertz CT molecular complexity index is 1010. The Kier molecular flexibility index (Phi) is 5.39. The monoisotopic (exact) mass is 386 g/mol. The van der Waals surface area contributed by atoms with E-state index in [1.807, 2.05) is 13.0 Å². The third-order valence-electron chi connectivity index (χ3n) is 4.00. The average Bonchev–Trinajstić information content (AvgIpc) is 2.59. The molecule has 142 valence electrons. The summed E-state index contributed by atoms with van der Waals surface area (Å²) in [5.41, 5.74) is 1.68. The summed E-state index contributed by atoms with van der Waals surface area (Å²) >= 11 is 0. The summed E-state index contributed by atoms with van der Waals surface area (Å²) in [5.74, 6) is 1.48. The molecule has 1 aliphatic heterocycles. The molecular formula is C18H22N6O2S. The van der Waals surface area contributed by atoms with E-state index >= 15 is 0 Å². The van der Waals surface area contributed by atoms with Crippen molar-refractivity contribution in [2.75, 3.05) is 37.2 Å². The number of pyridine rings is 1. The molecule has 27 heavy (non-hydrogen) atoms. The van der Waals surface area contributed by atoms with Gasteiger partial charge in [0, 0.05) is 46.1 Å².